The Bertz CT molecular complexity index is 1810. The fourth-order valence-electron chi connectivity index (χ4n) is 4.03. The summed E-state index contributed by atoms with van der Waals surface area (Å²) in [5.74, 6) is -2.45. The van der Waals surface area contributed by atoms with Gasteiger partial charge in [-0.25, -0.2) is 19.2 Å². The van der Waals surface area contributed by atoms with Crippen LogP contribution in [-0.4, -0.2) is 69.5 Å². The molecule has 0 aliphatic heterocycles. The predicted molar refractivity (Wildman–Crippen MR) is 185 cm³/mol. The van der Waals surface area contributed by atoms with Crippen molar-refractivity contribution < 1.29 is 47.9 Å². The van der Waals surface area contributed by atoms with Gasteiger partial charge in [-0.3, -0.25) is 28.4 Å². The molecule has 0 bridgehead atoms. The fourth-order valence-corrected chi connectivity index (χ4v) is 4.85. The van der Waals surface area contributed by atoms with Crippen molar-refractivity contribution in [1.29, 1.82) is 0 Å². The van der Waals surface area contributed by atoms with Gasteiger partial charge in [0.05, 0.1) is 13.2 Å². The number of benzene rings is 2. The Morgan fingerprint density at radius 3 is 1.27 bits per heavy atom. The molecule has 0 radical (unpaired) electrons. The first-order valence-electron chi connectivity index (χ1n) is 15.1. The van der Waals surface area contributed by atoms with Crippen molar-refractivity contribution in [2.75, 3.05) is 13.2 Å². The van der Waals surface area contributed by atoms with Crippen LogP contribution in [0.4, 0.5) is 9.59 Å². The van der Waals surface area contributed by atoms with Gasteiger partial charge in [0.1, 0.15) is 11.4 Å². The molecule has 2 aromatic carbocycles. The molecule has 0 unspecified atom stereocenters. The van der Waals surface area contributed by atoms with Crippen LogP contribution in [0.25, 0.3) is 0 Å². The second-order valence-corrected chi connectivity index (χ2v) is 11.2. The number of esters is 2. The third kappa shape index (κ3) is 11.2. The van der Waals surface area contributed by atoms with Gasteiger partial charge in [-0.05, 0) is 72.8 Å². The highest BCUT2D eigenvalue weighted by Crippen LogP contribution is 2.28. The molecular weight excluding hydrogens is 680 g/mol. The van der Waals surface area contributed by atoms with E-state index >= 15 is 0 Å². The van der Waals surface area contributed by atoms with E-state index in [0.29, 0.717) is 0 Å². The topological polar surface area (TPSA) is 174 Å². The summed E-state index contributed by atoms with van der Waals surface area (Å²) in [6.45, 7) is 6.26. The maximum absolute atomic E-state index is 13.3. The highest BCUT2D eigenvalue weighted by molar-refractivity contribution is 7.99. The molecule has 2 heterocycles. The van der Waals surface area contributed by atoms with E-state index in [4.69, 9.17) is 19.1 Å². The normalized spacial score (nSPS) is 11.2. The highest BCUT2D eigenvalue weighted by Gasteiger charge is 2.19. The number of ketones is 2. The van der Waals surface area contributed by atoms with Crippen LogP contribution in [0.1, 0.15) is 33.6 Å². The van der Waals surface area contributed by atoms with Crippen molar-refractivity contribution >= 4 is 58.9 Å². The van der Waals surface area contributed by atoms with Crippen LogP contribution in [0.5, 0.6) is 0 Å². The molecule has 260 valence electrons. The third-order valence-electron chi connectivity index (χ3n) is 6.59. The molecule has 0 N–H and O–H groups in total. The summed E-state index contributed by atoms with van der Waals surface area (Å²) in [6.07, 6.45) is 5.87. The van der Waals surface area contributed by atoms with Crippen LogP contribution < -0.4 is 0 Å². The molecule has 0 aliphatic rings. The molecule has 51 heavy (non-hydrogen) atoms. The summed E-state index contributed by atoms with van der Waals surface area (Å²) in [4.78, 5) is 85.3. The number of carbonyl (C=O) groups is 6. The standard InChI is InChI=1S/C36H30N4O10S/c1-3-31(41)47-23-17-29(37-49-35(45)39-19-5-6-20-39)33(43)25-9-13-27(14-10-25)51-28-15-11-26(12-16-28)34(44)30(18-24-48-32(42)4-2)38-50-36(46)40-21-7-8-22-40/h3-16,19-22H,1-2,17-18,23-24H2/b37-29+,38-30+. The smallest absolute Gasteiger partial charge is 0.444 e. The van der Waals surface area contributed by atoms with Gasteiger partial charge in [0.15, 0.2) is 0 Å². The Labute approximate surface area is 295 Å². The summed E-state index contributed by atoms with van der Waals surface area (Å²) >= 11 is 1.35. The zero-order valence-electron chi connectivity index (χ0n) is 26.9. The quantitative estimate of drug-likeness (QED) is 0.0327. The van der Waals surface area contributed by atoms with Crippen LogP contribution in [0.3, 0.4) is 0 Å². The van der Waals surface area contributed by atoms with Gasteiger partial charge in [-0.2, -0.15) is 0 Å². The zero-order valence-corrected chi connectivity index (χ0v) is 27.7. The minimum atomic E-state index is -0.832. The molecule has 0 atom stereocenters. The van der Waals surface area contributed by atoms with E-state index in [1.54, 1.807) is 72.8 Å². The van der Waals surface area contributed by atoms with Gasteiger partial charge in [-0.15, -0.1) is 0 Å². The van der Waals surface area contributed by atoms with Crippen LogP contribution in [0.15, 0.2) is 143 Å². The molecule has 0 saturated carbocycles. The second kappa shape index (κ2) is 18.8. The number of hydrogen-bond donors (Lipinski definition) is 0. The molecule has 0 amide bonds. The Balaban J connectivity index is 1.42. The summed E-state index contributed by atoms with van der Waals surface area (Å²) in [6, 6.07) is 19.5. The van der Waals surface area contributed by atoms with Crippen LogP contribution in [0, 0.1) is 0 Å². The van der Waals surface area contributed by atoms with E-state index < -0.39 is 35.7 Å². The van der Waals surface area contributed by atoms with Gasteiger partial charge in [0, 0.05) is 70.7 Å². The minimum absolute atomic E-state index is 0.124. The van der Waals surface area contributed by atoms with Crippen molar-refractivity contribution in [1.82, 2.24) is 9.13 Å². The first-order chi connectivity index (χ1) is 24.7. The van der Waals surface area contributed by atoms with Crippen molar-refractivity contribution in [3.05, 3.63) is 134 Å². The monoisotopic (exact) mass is 710 g/mol. The van der Waals surface area contributed by atoms with Gasteiger partial charge < -0.3 is 9.47 Å². The van der Waals surface area contributed by atoms with E-state index in [1.807, 2.05) is 0 Å². The van der Waals surface area contributed by atoms with Crippen LogP contribution in [-0.2, 0) is 28.7 Å². The average molecular weight is 711 g/mol. The Kier molecular flexibility index (Phi) is 13.7. The highest BCUT2D eigenvalue weighted by atomic mass is 32.2. The van der Waals surface area contributed by atoms with E-state index in [9.17, 15) is 28.8 Å². The van der Waals surface area contributed by atoms with Crippen LogP contribution >= 0.6 is 11.8 Å². The van der Waals surface area contributed by atoms with Crippen molar-refractivity contribution in [3.8, 4) is 0 Å². The van der Waals surface area contributed by atoms with E-state index in [-0.39, 0.29) is 48.6 Å². The molecule has 4 aromatic rings. The van der Waals surface area contributed by atoms with Gasteiger partial charge in [0.25, 0.3) is 0 Å². The number of nitrogens with zero attached hydrogens (tertiary/aromatic N) is 4. The lowest BCUT2D eigenvalue weighted by Crippen LogP contribution is -2.20. The first kappa shape index (κ1) is 37.2. The molecule has 0 saturated heterocycles. The Hall–Kier alpha value is -6.61. The van der Waals surface area contributed by atoms with Crippen LogP contribution in [0.2, 0.25) is 0 Å². The SMILES string of the molecule is C=CC(=O)OCC/C(=N\OC(=O)n1cccc1)C(=O)c1ccc(Sc2ccc(C(=O)/C(CCOC(=O)C=C)=N/OC(=O)n3cccc3)cc2)cc1. The van der Waals surface area contributed by atoms with Gasteiger partial charge in [-0.1, -0.05) is 35.2 Å². The molecule has 0 aliphatic carbocycles. The maximum atomic E-state index is 13.3. The summed E-state index contributed by atoms with van der Waals surface area (Å²) in [5.41, 5.74) is 0.201. The summed E-state index contributed by atoms with van der Waals surface area (Å²) < 4.78 is 12.2. The van der Waals surface area contributed by atoms with E-state index in [1.165, 1.54) is 36.5 Å². The Morgan fingerprint density at radius 1 is 0.588 bits per heavy atom. The minimum Gasteiger partial charge on any atom is -0.462 e. The Morgan fingerprint density at radius 2 is 0.941 bits per heavy atom. The lowest BCUT2D eigenvalue weighted by Gasteiger charge is -2.08. The molecule has 14 nitrogen and oxygen atoms in total. The predicted octanol–water partition coefficient (Wildman–Crippen LogP) is 6.13. The number of aromatic nitrogens is 2. The van der Waals surface area contributed by atoms with Gasteiger partial charge in [0.2, 0.25) is 11.6 Å². The zero-order chi connectivity index (χ0) is 36.6. The largest absolute Gasteiger partial charge is 0.462 e. The number of ether oxygens (including phenoxy) is 2. The molecular formula is C36H30N4O10S. The second-order valence-electron chi connectivity index (χ2n) is 10.0. The number of hydrogen-bond acceptors (Lipinski definition) is 13. The summed E-state index contributed by atoms with van der Waals surface area (Å²) in [5, 5.41) is 7.50. The molecule has 15 heteroatoms. The molecule has 0 spiro atoms. The van der Waals surface area contributed by atoms with Crippen molar-refractivity contribution in [3.63, 3.8) is 0 Å². The van der Waals surface area contributed by atoms with E-state index in [2.05, 4.69) is 23.5 Å². The van der Waals surface area contributed by atoms with Gasteiger partial charge >= 0.3 is 24.1 Å². The molecule has 2 aromatic heterocycles. The first-order valence-corrected chi connectivity index (χ1v) is 15.9. The number of carbonyl (C=O) groups excluding carboxylic acids is 6. The lowest BCUT2D eigenvalue weighted by molar-refractivity contribution is -0.138. The van der Waals surface area contributed by atoms with E-state index in [0.717, 1.165) is 31.1 Å². The number of rotatable bonds is 16. The lowest BCUT2D eigenvalue weighted by atomic mass is 10.1. The number of Topliss-reactive ketones (excluding diaryl/α,β-unsaturated/α-hetero) is 2. The maximum Gasteiger partial charge on any atom is 0.444 e. The number of oxime groups is 2. The summed E-state index contributed by atoms with van der Waals surface area (Å²) in [7, 11) is 0. The third-order valence-corrected chi connectivity index (χ3v) is 7.61. The molecule has 0 fully saturated rings. The molecule has 4 rings (SSSR count). The van der Waals surface area contributed by atoms with Crippen molar-refractivity contribution in [2.45, 2.75) is 22.6 Å². The average Bonchev–Trinajstić information content (AvgIpc) is 3.90. The fraction of sp³-hybridized carbons (Fsp3) is 0.111. The van der Waals surface area contributed by atoms with Crippen molar-refractivity contribution in [2.24, 2.45) is 10.3 Å².